The number of para-hydroxylation sites is 1. The molecule has 1 amide bonds. The lowest BCUT2D eigenvalue weighted by Crippen LogP contribution is -2.34. The smallest absolute Gasteiger partial charge is 0.262 e. The van der Waals surface area contributed by atoms with Crippen molar-refractivity contribution in [3.63, 3.8) is 0 Å². The average Bonchev–Trinajstić information content (AvgIpc) is 2.92. The number of carbonyl (C=O) groups excluding carboxylic acids is 1. The highest BCUT2D eigenvalue weighted by atomic mass is 32.2. The third-order valence-corrected chi connectivity index (χ3v) is 6.83. The maximum absolute atomic E-state index is 12.9. The molecule has 0 unspecified atom stereocenters. The van der Waals surface area contributed by atoms with Gasteiger partial charge < -0.3 is 5.32 Å². The molecule has 2 aromatic carbocycles. The zero-order valence-corrected chi connectivity index (χ0v) is 17.3. The van der Waals surface area contributed by atoms with Crippen molar-refractivity contribution in [3.8, 4) is 0 Å². The Morgan fingerprint density at radius 1 is 0.929 bits per heavy atom. The minimum Gasteiger partial charge on any atom is -0.349 e. The summed E-state index contributed by atoms with van der Waals surface area (Å²) in [6.07, 6.45) is 6.64. The van der Waals surface area contributed by atoms with Crippen LogP contribution in [-0.2, 0) is 10.0 Å². The molecule has 0 heterocycles. The van der Waals surface area contributed by atoms with Crippen molar-refractivity contribution in [2.75, 3.05) is 4.72 Å². The molecule has 1 saturated carbocycles. The van der Waals surface area contributed by atoms with Gasteiger partial charge in [0, 0.05) is 11.6 Å². The fourth-order valence-electron chi connectivity index (χ4n) is 3.61. The fourth-order valence-corrected chi connectivity index (χ4v) is 5.01. The van der Waals surface area contributed by atoms with Crippen molar-refractivity contribution in [1.82, 2.24) is 5.32 Å². The second-order valence-corrected chi connectivity index (χ2v) is 9.21. The summed E-state index contributed by atoms with van der Waals surface area (Å²) in [6, 6.07) is 12.2. The lowest BCUT2D eigenvalue weighted by molar-refractivity contribution is 0.0933. The standard InChI is InChI=1S/C22H28N2O3S/c1-16-9-7-8-12-20(16)24-28(26,27)21-15-18(14-13-17(21)2)22(25)23-19-10-5-3-4-6-11-19/h7-9,12-15,19,24H,3-6,10-11H2,1-2H3,(H,23,25). The fraction of sp³-hybridized carbons (Fsp3) is 0.409. The quantitative estimate of drug-likeness (QED) is 0.723. The maximum Gasteiger partial charge on any atom is 0.262 e. The Hall–Kier alpha value is -2.34. The third kappa shape index (κ3) is 4.93. The van der Waals surface area contributed by atoms with Gasteiger partial charge in [-0.1, -0.05) is 49.9 Å². The number of benzene rings is 2. The van der Waals surface area contributed by atoms with Crippen LogP contribution in [0.3, 0.4) is 0 Å². The van der Waals surface area contributed by atoms with E-state index in [4.69, 9.17) is 0 Å². The SMILES string of the molecule is Cc1ccccc1NS(=O)(=O)c1cc(C(=O)NC2CCCCCC2)ccc1C. The second kappa shape index (κ2) is 8.78. The summed E-state index contributed by atoms with van der Waals surface area (Å²) in [6.45, 7) is 3.58. The van der Waals surface area contributed by atoms with Crippen LogP contribution >= 0.6 is 0 Å². The number of hydrogen-bond donors (Lipinski definition) is 2. The Labute approximate surface area is 167 Å². The Bertz CT molecular complexity index is 946. The molecule has 2 aromatic rings. The average molecular weight is 401 g/mol. The molecule has 5 nitrogen and oxygen atoms in total. The summed E-state index contributed by atoms with van der Waals surface area (Å²) in [5, 5.41) is 3.08. The first-order valence-corrected chi connectivity index (χ1v) is 11.3. The molecule has 1 aliphatic carbocycles. The molecule has 150 valence electrons. The van der Waals surface area contributed by atoms with E-state index in [2.05, 4.69) is 10.0 Å². The van der Waals surface area contributed by atoms with Crippen molar-refractivity contribution < 1.29 is 13.2 Å². The van der Waals surface area contributed by atoms with Crippen LogP contribution in [0.15, 0.2) is 47.4 Å². The van der Waals surface area contributed by atoms with Crippen molar-refractivity contribution >= 4 is 21.6 Å². The van der Waals surface area contributed by atoms with E-state index >= 15 is 0 Å². The van der Waals surface area contributed by atoms with Gasteiger partial charge in [0.25, 0.3) is 15.9 Å². The van der Waals surface area contributed by atoms with Crippen LogP contribution in [0.25, 0.3) is 0 Å². The van der Waals surface area contributed by atoms with Crippen LogP contribution in [0.2, 0.25) is 0 Å². The minimum atomic E-state index is -3.79. The molecule has 28 heavy (non-hydrogen) atoms. The Morgan fingerprint density at radius 3 is 2.29 bits per heavy atom. The molecule has 1 fully saturated rings. The van der Waals surface area contributed by atoms with Crippen molar-refractivity contribution in [3.05, 3.63) is 59.2 Å². The normalized spacial score (nSPS) is 15.6. The summed E-state index contributed by atoms with van der Waals surface area (Å²) >= 11 is 0. The lowest BCUT2D eigenvalue weighted by atomic mass is 10.1. The van der Waals surface area contributed by atoms with Gasteiger partial charge in [-0.05, 0) is 56.0 Å². The molecule has 6 heteroatoms. The van der Waals surface area contributed by atoms with Crippen LogP contribution in [0.5, 0.6) is 0 Å². The number of amides is 1. The first-order chi connectivity index (χ1) is 13.4. The largest absolute Gasteiger partial charge is 0.349 e. The number of rotatable bonds is 5. The number of carbonyl (C=O) groups is 1. The molecule has 0 aliphatic heterocycles. The summed E-state index contributed by atoms with van der Waals surface area (Å²) in [5.41, 5.74) is 2.35. The van der Waals surface area contributed by atoms with E-state index in [1.807, 2.05) is 19.1 Å². The van der Waals surface area contributed by atoms with Crippen LogP contribution in [0, 0.1) is 13.8 Å². The van der Waals surface area contributed by atoms with Gasteiger partial charge in [-0.2, -0.15) is 0 Å². The summed E-state index contributed by atoms with van der Waals surface area (Å²) in [5.74, 6) is -0.209. The van der Waals surface area contributed by atoms with E-state index in [0.717, 1.165) is 31.2 Å². The molecule has 0 bridgehead atoms. The Morgan fingerprint density at radius 2 is 1.61 bits per heavy atom. The molecular formula is C22H28N2O3S. The zero-order chi connectivity index (χ0) is 20.1. The zero-order valence-electron chi connectivity index (χ0n) is 16.5. The van der Waals surface area contributed by atoms with E-state index in [-0.39, 0.29) is 16.8 Å². The molecule has 0 saturated heterocycles. The highest BCUT2D eigenvalue weighted by Crippen LogP contribution is 2.23. The molecule has 1 aliphatic rings. The van der Waals surface area contributed by atoms with Gasteiger partial charge in [0.2, 0.25) is 0 Å². The first-order valence-electron chi connectivity index (χ1n) is 9.87. The third-order valence-electron chi connectivity index (χ3n) is 5.32. The number of nitrogens with one attached hydrogen (secondary N) is 2. The van der Waals surface area contributed by atoms with Crippen LogP contribution in [-0.4, -0.2) is 20.4 Å². The van der Waals surface area contributed by atoms with Gasteiger partial charge in [0.05, 0.1) is 10.6 Å². The predicted octanol–water partition coefficient (Wildman–Crippen LogP) is 4.56. The molecule has 0 atom stereocenters. The monoisotopic (exact) mass is 400 g/mol. The summed E-state index contributed by atoms with van der Waals surface area (Å²) in [7, 11) is -3.79. The maximum atomic E-state index is 12.9. The highest BCUT2D eigenvalue weighted by molar-refractivity contribution is 7.92. The van der Waals surface area contributed by atoms with Gasteiger partial charge in [-0.15, -0.1) is 0 Å². The Kier molecular flexibility index (Phi) is 6.39. The van der Waals surface area contributed by atoms with E-state index in [1.165, 1.54) is 18.9 Å². The van der Waals surface area contributed by atoms with Crippen LogP contribution in [0.1, 0.15) is 60.0 Å². The van der Waals surface area contributed by atoms with Gasteiger partial charge in [-0.25, -0.2) is 8.42 Å². The molecule has 3 rings (SSSR count). The summed E-state index contributed by atoms with van der Waals surface area (Å²) < 4.78 is 28.5. The number of anilines is 1. The minimum absolute atomic E-state index is 0.129. The Balaban J connectivity index is 1.82. The predicted molar refractivity (Wildman–Crippen MR) is 112 cm³/mol. The lowest BCUT2D eigenvalue weighted by Gasteiger charge is -2.17. The van der Waals surface area contributed by atoms with Crippen molar-refractivity contribution in [2.45, 2.75) is 63.3 Å². The van der Waals surface area contributed by atoms with E-state index in [0.29, 0.717) is 16.8 Å². The second-order valence-electron chi connectivity index (χ2n) is 7.56. The first kappa shape index (κ1) is 20.4. The molecule has 0 spiro atoms. The van der Waals surface area contributed by atoms with Gasteiger partial charge in [0.15, 0.2) is 0 Å². The molecule has 0 aromatic heterocycles. The van der Waals surface area contributed by atoms with Crippen molar-refractivity contribution in [2.24, 2.45) is 0 Å². The van der Waals surface area contributed by atoms with Crippen molar-refractivity contribution in [1.29, 1.82) is 0 Å². The summed E-state index contributed by atoms with van der Waals surface area (Å²) in [4.78, 5) is 12.8. The van der Waals surface area contributed by atoms with E-state index < -0.39 is 10.0 Å². The topological polar surface area (TPSA) is 75.3 Å². The van der Waals surface area contributed by atoms with Crippen LogP contribution < -0.4 is 10.0 Å². The number of aryl methyl sites for hydroxylation is 2. The highest BCUT2D eigenvalue weighted by Gasteiger charge is 2.21. The van der Waals surface area contributed by atoms with E-state index in [9.17, 15) is 13.2 Å². The van der Waals surface area contributed by atoms with Gasteiger partial charge in [0.1, 0.15) is 0 Å². The van der Waals surface area contributed by atoms with E-state index in [1.54, 1.807) is 31.2 Å². The molecule has 2 N–H and O–H groups in total. The number of sulfonamides is 1. The van der Waals surface area contributed by atoms with Crippen LogP contribution in [0.4, 0.5) is 5.69 Å². The molecular weight excluding hydrogens is 372 g/mol. The van der Waals surface area contributed by atoms with Gasteiger partial charge >= 0.3 is 0 Å². The number of hydrogen-bond acceptors (Lipinski definition) is 3. The van der Waals surface area contributed by atoms with Gasteiger partial charge in [-0.3, -0.25) is 9.52 Å². The molecule has 0 radical (unpaired) electrons.